The van der Waals surface area contributed by atoms with E-state index in [0.717, 1.165) is 11.8 Å². The molecule has 1 aliphatic carbocycles. The maximum Gasteiger partial charge on any atom is 0.391 e. The average Bonchev–Trinajstić information content (AvgIpc) is 2.37. The van der Waals surface area contributed by atoms with Gasteiger partial charge in [-0.3, -0.25) is 4.79 Å². The number of hydrogen-bond donors (Lipinski definition) is 0. The highest BCUT2D eigenvalue weighted by Gasteiger charge is 2.44. The lowest BCUT2D eigenvalue weighted by atomic mass is 9.80. The molecule has 0 bridgehead atoms. The molecule has 0 heterocycles. The van der Waals surface area contributed by atoms with Crippen molar-refractivity contribution in [2.75, 3.05) is 11.9 Å². The van der Waals surface area contributed by atoms with Crippen molar-refractivity contribution in [1.29, 1.82) is 0 Å². The summed E-state index contributed by atoms with van der Waals surface area (Å²) in [5, 5.41) is 0.791. The Morgan fingerprint density at radius 2 is 2.00 bits per heavy atom. The summed E-state index contributed by atoms with van der Waals surface area (Å²) in [6.45, 7) is 4.43. The number of halogens is 4. The Bertz CT molecular complexity index is 320. The molecule has 2 nitrogen and oxygen atoms in total. The zero-order valence-corrected chi connectivity index (χ0v) is 13.6. The first kappa shape index (κ1) is 17.8. The van der Waals surface area contributed by atoms with Crippen molar-refractivity contribution in [2.24, 2.45) is 11.8 Å². The fraction of sp³-hybridized carbons (Fsp3) is 0.929. The molecule has 1 rings (SSSR count). The van der Waals surface area contributed by atoms with Gasteiger partial charge in [0.2, 0.25) is 5.91 Å². The van der Waals surface area contributed by atoms with Gasteiger partial charge in [0.15, 0.2) is 0 Å². The molecule has 0 aliphatic heterocycles. The van der Waals surface area contributed by atoms with Gasteiger partial charge in [-0.1, -0.05) is 22.4 Å². The quantitative estimate of drug-likeness (QED) is 0.668. The predicted octanol–water partition coefficient (Wildman–Crippen LogP) is 4.38. The van der Waals surface area contributed by atoms with Gasteiger partial charge in [-0.15, -0.1) is 0 Å². The minimum atomic E-state index is -4.17. The summed E-state index contributed by atoms with van der Waals surface area (Å²) >= 11 is 3.32. The molecular formula is C14H23BrF3NO. The monoisotopic (exact) mass is 357 g/mol. The van der Waals surface area contributed by atoms with Gasteiger partial charge in [0.25, 0.3) is 0 Å². The van der Waals surface area contributed by atoms with Gasteiger partial charge >= 0.3 is 6.18 Å². The first-order chi connectivity index (χ1) is 9.27. The van der Waals surface area contributed by atoms with Crippen molar-refractivity contribution in [2.45, 2.75) is 58.2 Å². The third-order valence-corrected chi connectivity index (χ3v) is 4.49. The number of carbonyl (C=O) groups is 1. The molecule has 2 atom stereocenters. The summed E-state index contributed by atoms with van der Waals surface area (Å²) in [5.74, 6) is -1.88. The fourth-order valence-corrected chi connectivity index (χ4v) is 3.05. The van der Waals surface area contributed by atoms with Gasteiger partial charge in [-0.2, -0.15) is 13.2 Å². The van der Waals surface area contributed by atoms with E-state index in [1.54, 1.807) is 4.90 Å². The second-order valence-electron chi connectivity index (χ2n) is 5.77. The van der Waals surface area contributed by atoms with Crippen molar-refractivity contribution >= 4 is 21.8 Å². The summed E-state index contributed by atoms with van der Waals surface area (Å²) in [4.78, 5) is 14.2. The van der Waals surface area contributed by atoms with E-state index >= 15 is 0 Å². The van der Waals surface area contributed by atoms with E-state index in [4.69, 9.17) is 0 Å². The molecule has 1 amide bonds. The van der Waals surface area contributed by atoms with E-state index in [1.165, 1.54) is 0 Å². The van der Waals surface area contributed by atoms with Crippen LogP contribution in [0, 0.1) is 11.8 Å². The lowest BCUT2D eigenvalue weighted by Crippen LogP contribution is -2.44. The van der Waals surface area contributed by atoms with Crippen LogP contribution in [0.2, 0.25) is 0 Å². The van der Waals surface area contributed by atoms with Crippen LogP contribution in [-0.2, 0) is 4.79 Å². The van der Waals surface area contributed by atoms with Crippen molar-refractivity contribution in [1.82, 2.24) is 4.90 Å². The zero-order valence-electron chi connectivity index (χ0n) is 12.0. The van der Waals surface area contributed by atoms with Crippen molar-refractivity contribution in [3.05, 3.63) is 0 Å². The Kier molecular flexibility index (Phi) is 6.82. The molecule has 0 aromatic heterocycles. The van der Waals surface area contributed by atoms with Gasteiger partial charge < -0.3 is 4.90 Å². The topological polar surface area (TPSA) is 20.3 Å². The van der Waals surface area contributed by atoms with Crippen molar-refractivity contribution < 1.29 is 18.0 Å². The fourth-order valence-electron chi connectivity index (χ4n) is 2.80. The van der Waals surface area contributed by atoms with E-state index < -0.39 is 18.0 Å². The molecule has 20 heavy (non-hydrogen) atoms. The summed E-state index contributed by atoms with van der Waals surface area (Å²) < 4.78 is 38.4. The number of rotatable bonds is 5. The molecule has 0 aromatic rings. The molecule has 0 radical (unpaired) electrons. The van der Waals surface area contributed by atoms with Crippen LogP contribution >= 0.6 is 15.9 Å². The second-order valence-corrected chi connectivity index (χ2v) is 6.56. The molecular weight excluding hydrogens is 335 g/mol. The Balaban J connectivity index is 2.68. The standard InChI is InChI=1S/C14H23BrF3NO/c1-10(2)19(8-4-7-15)13(20)11-5-3-6-12(9-11)14(16,17)18/h10-12H,3-9H2,1-2H3. The van der Waals surface area contributed by atoms with Crippen LogP contribution in [0.15, 0.2) is 0 Å². The number of alkyl halides is 4. The zero-order chi connectivity index (χ0) is 15.3. The highest BCUT2D eigenvalue weighted by Crippen LogP contribution is 2.40. The highest BCUT2D eigenvalue weighted by molar-refractivity contribution is 9.09. The third kappa shape index (κ3) is 4.93. The van der Waals surface area contributed by atoms with Crippen LogP contribution in [-0.4, -0.2) is 34.9 Å². The largest absolute Gasteiger partial charge is 0.391 e. The minimum absolute atomic E-state index is 0.0350. The number of carbonyl (C=O) groups excluding carboxylic acids is 1. The molecule has 0 N–H and O–H groups in total. The maximum atomic E-state index is 12.8. The van der Waals surface area contributed by atoms with Crippen molar-refractivity contribution in [3.8, 4) is 0 Å². The first-order valence-corrected chi connectivity index (χ1v) is 8.32. The highest BCUT2D eigenvalue weighted by atomic mass is 79.9. The summed E-state index contributed by atoms with van der Waals surface area (Å²) in [5.41, 5.74) is 0. The van der Waals surface area contributed by atoms with E-state index in [1.807, 2.05) is 13.8 Å². The second kappa shape index (κ2) is 7.66. The SMILES string of the molecule is CC(C)N(CCCBr)C(=O)C1CCCC(C(F)(F)F)C1. The van der Waals surface area contributed by atoms with Gasteiger partial charge in [-0.25, -0.2) is 0 Å². The normalized spacial score (nSPS) is 23.9. The molecule has 1 aliphatic rings. The number of nitrogens with zero attached hydrogens (tertiary/aromatic N) is 1. The van der Waals surface area contributed by atoms with Crippen molar-refractivity contribution in [3.63, 3.8) is 0 Å². The molecule has 6 heteroatoms. The van der Waals surface area contributed by atoms with E-state index in [-0.39, 0.29) is 24.8 Å². The van der Waals surface area contributed by atoms with Crippen LogP contribution < -0.4 is 0 Å². The minimum Gasteiger partial charge on any atom is -0.340 e. The molecule has 1 saturated carbocycles. The molecule has 0 saturated heterocycles. The Morgan fingerprint density at radius 3 is 2.50 bits per heavy atom. The maximum absolute atomic E-state index is 12.8. The van der Waals surface area contributed by atoms with Crippen LogP contribution in [0.1, 0.15) is 46.0 Å². The molecule has 2 unspecified atom stereocenters. The average molecular weight is 358 g/mol. The van der Waals surface area contributed by atoms with E-state index in [0.29, 0.717) is 19.4 Å². The van der Waals surface area contributed by atoms with Crippen LogP contribution in [0.4, 0.5) is 13.2 Å². The van der Waals surface area contributed by atoms with Gasteiger partial charge in [-0.05, 0) is 39.5 Å². The van der Waals surface area contributed by atoms with E-state index in [2.05, 4.69) is 15.9 Å². The molecule has 1 fully saturated rings. The van der Waals surface area contributed by atoms with Crippen LogP contribution in [0.25, 0.3) is 0 Å². The Morgan fingerprint density at radius 1 is 1.35 bits per heavy atom. The third-order valence-electron chi connectivity index (χ3n) is 3.93. The molecule has 118 valence electrons. The summed E-state index contributed by atoms with van der Waals surface area (Å²) in [7, 11) is 0. The Labute approximate surface area is 127 Å². The van der Waals surface area contributed by atoms with Gasteiger partial charge in [0.1, 0.15) is 0 Å². The summed E-state index contributed by atoms with van der Waals surface area (Å²) in [6.07, 6.45) is -2.15. The Hall–Kier alpha value is -0.260. The molecule has 0 aromatic carbocycles. The van der Waals surface area contributed by atoms with Crippen LogP contribution in [0.5, 0.6) is 0 Å². The van der Waals surface area contributed by atoms with Gasteiger partial charge in [0.05, 0.1) is 5.92 Å². The molecule has 0 spiro atoms. The van der Waals surface area contributed by atoms with E-state index in [9.17, 15) is 18.0 Å². The van der Waals surface area contributed by atoms with Crippen LogP contribution in [0.3, 0.4) is 0 Å². The first-order valence-electron chi connectivity index (χ1n) is 7.20. The smallest absolute Gasteiger partial charge is 0.340 e. The predicted molar refractivity (Wildman–Crippen MR) is 76.8 cm³/mol. The summed E-state index contributed by atoms with van der Waals surface area (Å²) in [6, 6.07) is 0.0350. The van der Waals surface area contributed by atoms with Gasteiger partial charge in [0, 0.05) is 23.8 Å². The number of amides is 1. The number of hydrogen-bond acceptors (Lipinski definition) is 1. The lowest BCUT2D eigenvalue weighted by molar-refractivity contribution is -0.187. The lowest BCUT2D eigenvalue weighted by Gasteiger charge is -2.35.